The largest absolute Gasteiger partial charge is 0.490 e. The van der Waals surface area contributed by atoms with Gasteiger partial charge in [-0.3, -0.25) is 19.3 Å². The van der Waals surface area contributed by atoms with Gasteiger partial charge in [0.15, 0.2) is 11.5 Å². The molecule has 7 nitrogen and oxygen atoms in total. The smallest absolute Gasteiger partial charge is 0.261 e. The summed E-state index contributed by atoms with van der Waals surface area (Å²) in [5, 5.41) is 3.05. The third-order valence-corrected chi connectivity index (χ3v) is 5.23. The second kappa shape index (κ2) is 9.20. The summed E-state index contributed by atoms with van der Waals surface area (Å²) in [7, 11) is 1.43. The number of rotatable bonds is 8. The van der Waals surface area contributed by atoms with E-state index in [1.165, 1.54) is 19.2 Å². The lowest BCUT2D eigenvalue weighted by Gasteiger charge is -2.24. The van der Waals surface area contributed by atoms with Gasteiger partial charge in [0.25, 0.3) is 17.7 Å². The van der Waals surface area contributed by atoms with E-state index in [1.807, 2.05) is 45.9 Å². The highest BCUT2D eigenvalue weighted by atomic mass is 16.5. The molecule has 0 saturated carbocycles. The summed E-state index contributed by atoms with van der Waals surface area (Å²) in [6.45, 7) is 8.87. The van der Waals surface area contributed by atoms with Crippen molar-refractivity contribution in [2.24, 2.45) is 5.92 Å². The highest BCUT2D eigenvalue weighted by Gasteiger charge is 2.33. The Hall–Kier alpha value is -3.35. The summed E-state index contributed by atoms with van der Waals surface area (Å²) in [5.41, 5.74) is 1.79. The van der Waals surface area contributed by atoms with Crippen molar-refractivity contribution in [2.45, 2.75) is 33.7 Å². The van der Waals surface area contributed by atoms with Gasteiger partial charge >= 0.3 is 0 Å². The molecule has 0 saturated heterocycles. The number of imide groups is 1. The summed E-state index contributed by atoms with van der Waals surface area (Å²) < 4.78 is 11.3. The van der Waals surface area contributed by atoms with Crippen LogP contribution in [0.25, 0.3) is 0 Å². The molecule has 3 rings (SSSR count). The van der Waals surface area contributed by atoms with Crippen molar-refractivity contribution in [1.29, 1.82) is 0 Å². The number of hydrogen-bond acceptors (Lipinski definition) is 5. The highest BCUT2D eigenvalue weighted by molar-refractivity contribution is 6.21. The van der Waals surface area contributed by atoms with Crippen LogP contribution in [0.4, 0.5) is 0 Å². The second-order valence-electron chi connectivity index (χ2n) is 7.70. The van der Waals surface area contributed by atoms with E-state index in [1.54, 1.807) is 6.07 Å². The third-order valence-electron chi connectivity index (χ3n) is 5.23. The first-order valence-electron chi connectivity index (χ1n) is 10.4. The van der Waals surface area contributed by atoms with Crippen molar-refractivity contribution >= 4 is 17.7 Å². The lowest BCUT2D eigenvalue weighted by atomic mass is 9.95. The molecule has 164 valence electrons. The molecule has 0 unspecified atom stereocenters. The van der Waals surface area contributed by atoms with E-state index in [0.717, 1.165) is 10.5 Å². The predicted octanol–water partition coefficient (Wildman–Crippen LogP) is 3.84. The Kier molecular flexibility index (Phi) is 6.63. The van der Waals surface area contributed by atoms with Gasteiger partial charge in [-0.1, -0.05) is 19.9 Å². The van der Waals surface area contributed by atoms with Crippen LogP contribution in [0, 0.1) is 5.92 Å². The lowest BCUT2D eigenvalue weighted by Crippen LogP contribution is -2.32. The summed E-state index contributed by atoms with van der Waals surface area (Å²) in [4.78, 5) is 38.4. The molecule has 31 heavy (non-hydrogen) atoms. The Bertz CT molecular complexity index is 1020. The maximum absolute atomic E-state index is 13.0. The van der Waals surface area contributed by atoms with E-state index in [9.17, 15) is 14.4 Å². The van der Waals surface area contributed by atoms with Crippen LogP contribution >= 0.6 is 0 Å². The van der Waals surface area contributed by atoms with Gasteiger partial charge in [0.2, 0.25) is 0 Å². The van der Waals surface area contributed by atoms with Gasteiger partial charge in [-0.2, -0.15) is 0 Å². The normalized spacial score (nSPS) is 13.9. The van der Waals surface area contributed by atoms with Crippen molar-refractivity contribution in [3.8, 4) is 11.5 Å². The van der Waals surface area contributed by atoms with Gasteiger partial charge in [-0.25, -0.2) is 0 Å². The molecule has 3 amide bonds. The molecule has 0 aromatic heterocycles. The Morgan fingerprint density at radius 2 is 1.58 bits per heavy atom. The van der Waals surface area contributed by atoms with E-state index < -0.39 is 5.91 Å². The van der Waals surface area contributed by atoms with Crippen LogP contribution in [0.5, 0.6) is 11.5 Å². The number of carbonyl (C=O) groups excluding carboxylic acids is 3. The number of benzene rings is 2. The first-order chi connectivity index (χ1) is 14.8. The second-order valence-corrected chi connectivity index (χ2v) is 7.70. The quantitative estimate of drug-likeness (QED) is 0.651. The summed E-state index contributed by atoms with van der Waals surface area (Å²) in [6.07, 6.45) is 0. The van der Waals surface area contributed by atoms with Gasteiger partial charge in [0.05, 0.1) is 30.4 Å². The molecule has 1 N–H and O–H groups in total. The minimum Gasteiger partial charge on any atom is -0.490 e. The lowest BCUT2D eigenvalue weighted by molar-refractivity contribution is 0.0693. The number of nitrogens with one attached hydrogen (secondary N) is 1. The van der Waals surface area contributed by atoms with Gasteiger partial charge in [0, 0.05) is 12.6 Å². The molecule has 0 fully saturated rings. The maximum atomic E-state index is 13.0. The molecule has 0 bridgehead atoms. The van der Waals surface area contributed by atoms with Crippen LogP contribution in [-0.4, -0.2) is 42.9 Å². The van der Waals surface area contributed by atoms with Crippen molar-refractivity contribution in [3.63, 3.8) is 0 Å². The fourth-order valence-corrected chi connectivity index (χ4v) is 3.62. The molecular formula is C24H28N2O5. The van der Waals surface area contributed by atoms with E-state index in [2.05, 4.69) is 5.32 Å². The van der Waals surface area contributed by atoms with Crippen molar-refractivity contribution in [1.82, 2.24) is 10.2 Å². The van der Waals surface area contributed by atoms with Crippen LogP contribution in [0.15, 0.2) is 36.4 Å². The van der Waals surface area contributed by atoms with Gasteiger partial charge in [-0.15, -0.1) is 0 Å². The zero-order valence-corrected chi connectivity index (χ0v) is 18.5. The minimum atomic E-state index is -0.400. The number of carbonyl (C=O) groups is 3. The zero-order chi connectivity index (χ0) is 22.7. The molecule has 1 atom stereocenters. The van der Waals surface area contributed by atoms with Crippen LogP contribution in [-0.2, 0) is 0 Å². The fraction of sp³-hybridized carbons (Fsp3) is 0.375. The number of amides is 3. The molecule has 2 aromatic carbocycles. The topological polar surface area (TPSA) is 84.9 Å². The van der Waals surface area contributed by atoms with Gasteiger partial charge < -0.3 is 14.8 Å². The maximum Gasteiger partial charge on any atom is 0.261 e. The molecule has 0 radical (unpaired) electrons. The Morgan fingerprint density at radius 3 is 2.23 bits per heavy atom. The van der Waals surface area contributed by atoms with Crippen molar-refractivity contribution in [2.75, 3.05) is 20.3 Å². The molecule has 2 aromatic rings. The number of nitrogens with zero attached hydrogens (tertiary/aromatic N) is 1. The highest BCUT2D eigenvalue weighted by Crippen LogP contribution is 2.33. The number of ether oxygens (including phenoxy) is 2. The van der Waals surface area contributed by atoms with Gasteiger partial charge in [0.1, 0.15) is 0 Å². The van der Waals surface area contributed by atoms with Crippen LogP contribution < -0.4 is 14.8 Å². The van der Waals surface area contributed by atoms with Crippen molar-refractivity contribution in [3.05, 3.63) is 58.7 Å². The number of fused-ring (bicyclic) bond motifs is 1. The first kappa shape index (κ1) is 22.3. The summed E-state index contributed by atoms with van der Waals surface area (Å²) in [6, 6.07) is 9.95. The van der Waals surface area contributed by atoms with Crippen LogP contribution in [0.1, 0.15) is 70.4 Å². The van der Waals surface area contributed by atoms with Crippen molar-refractivity contribution < 1.29 is 23.9 Å². The standard InChI is InChI=1S/C24H28N2O5/c1-6-30-19-11-9-15(13-20(19)31-7-2)21(14(3)4)25-22(27)16-8-10-17-18(12-16)24(29)26(5)23(17)28/h8-14,21H,6-7H2,1-5H3,(H,25,27)/t21-/m0/s1. The molecule has 1 aliphatic heterocycles. The van der Waals surface area contributed by atoms with E-state index in [0.29, 0.717) is 35.8 Å². The SMILES string of the molecule is CCOc1ccc([C@@H](NC(=O)c2ccc3c(c2)C(=O)N(C)C3=O)C(C)C)cc1OCC. The molecule has 1 aliphatic rings. The summed E-state index contributed by atoms with van der Waals surface area (Å²) >= 11 is 0. The van der Waals surface area contributed by atoms with Gasteiger partial charge in [-0.05, 0) is 55.7 Å². The predicted molar refractivity (Wildman–Crippen MR) is 117 cm³/mol. The van der Waals surface area contributed by atoms with E-state index in [4.69, 9.17) is 9.47 Å². The molecule has 0 spiro atoms. The zero-order valence-electron chi connectivity index (χ0n) is 18.5. The van der Waals surface area contributed by atoms with E-state index >= 15 is 0 Å². The third kappa shape index (κ3) is 4.40. The monoisotopic (exact) mass is 424 g/mol. The van der Waals surface area contributed by atoms with E-state index in [-0.39, 0.29) is 29.3 Å². The molecule has 7 heteroatoms. The van der Waals surface area contributed by atoms with Crippen LogP contribution in [0.2, 0.25) is 0 Å². The minimum absolute atomic E-state index is 0.0974. The Labute approximate surface area is 182 Å². The fourth-order valence-electron chi connectivity index (χ4n) is 3.62. The Morgan fingerprint density at radius 1 is 0.935 bits per heavy atom. The number of hydrogen-bond donors (Lipinski definition) is 1. The van der Waals surface area contributed by atoms with Crippen LogP contribution in [0.3, 0.4) is 0 Å². The first-order valence-corrected chi connectivity index (χ1v) is 10.4. The average molecular weight is 424 g/mol. The molecule has 0 aliphatic carbocycles. The molecular weight excluding hydrogens is 396 g/mol. The molecule has 1 heterocycles. The summed E-state index contributed by atoms with van der Waals surface area (Å²) in [5.74, 6) is 0.315. The Balaban J connectivity index is 1.88. The average Bonchev–Trinajstić information content (AvgIpc) is 2.97.